The SMILES string of the molecule is CCCCOC(=O)CCN1CCC(CO)CC1. The fourth-order valence-electron chi connectivity index (χ4n) is 2.04. The van der Waals surface area contributed by atoms with Crippen molar-refractivity contribution >= 4 is 5.97 Å². The van der Waals surface area contributed by atoms with E-state index in [0.717, 1.165) is 45.3 Å². The van der Waals surface area contributed by atoms with Crippen molar-refractivity contribution in [2.75, 3.05) is 32.8 Å². The molecule has 17 heavy (non-hydrogen) atoms. The number of aliphatic hydroxyl groups excluding tert-OH is 1. The predicted molar refractivity (Wildman–Crippen MR) is 66.7 cm³/mol. The van der Waals surface area contributed by atoms with E-state index < -0.39 is 0 Å². The van der Waals surface area contributed by atoms with Crippen molar-refractivity contribution in [1.29, 1.82) is 0 Å². The molecule has 0 spiro atoms. The van der Waals surface area contributed by atoms with Crippen LogP contribution in [0.5, 0.6) is 0 Å². The van der Waals surface area contributed by atoms with Gasteiger partial charge in [-0.2, -0.15) is 0 Å². The van der Waals surface area contributed by atoms with Gasteiger partial charge in [-0.3, -0.25) is 4.79 Å². The second kappa shape index (κ2) is 8.48. The number of rotatable bonds is 7. The zero-order valence-corrected chi connectivity index (χ0v) is 10.9. The van der Waals surface area contributed by atoms with Crippen LogP contribution in [0.15, 0.2) is 0 Å². The first-order valence-electron chi connectivity index (χ1n) is 6.75. The Labute approximate surface area is 104 Å². The molecule has 1 heterocycles. The molecule has 0 atom stereocenters. The number of carbonyl (C=O) groups is 1. The molecule has 1 aliphatic rings. The lowest BCUT2D eigenvalue weighted by atomic mass is 9.98. The maximum atomic E-state index is 11.4. The molecule has 0 amide bonds. The van der Waals surface area contributed by atoms with E-state index in [4.69, 9.17) is 9.84 Å². The fraction of sp³-hybridized carbons (Fsp3) is 0.923. The van der Waals surface area contributed by atoms with Gasteiger partial charge in [-0.15, -0.1) is 0 Å². The number of unbranched alkanes of at least 4 members (excludes halogenated alkanes) is 1. The second-order valence-corrected chi connectivity index (χ2v) is 4.79. The number of nitrogens with zero attached hydrogens (tertiary/aromatic N) is 1. The molecule has 100 valence electrons. The first kappa shape index (κ1) is 14.5. The lowest BCUT2D eigenvalue weighted by molar-refractivity contribution is -0.144. The van der Waals surface area contributed by atoms with Crippen molar-refractivity contribution in [3.05, 3.63) is 0 Å². The number of likely N-dealkylation sites (tertiary alicyclic amines) is 1. The molecule has 1 aliphatic heterocycles. The lowest BCUT2D eigenvalue weighted by Crippen LogP contribution is -2.36. The summed E-state index contributed by atoms with van der Waals surface area (Å²) < 4.78 is 5.11. The Hall–Kier alpha value is -0.610. The first-order valence-corrected chi connectivity index (χ1v) is 6.75. The molecule has 1 N–H and O–H groups in total. The van der Waals surface area contributed by atoms with Gasteiger partial charge in [0, 0.05) is 13.2 Å². The molecule has 4 heteroatoms. The van der Waals surface area contributed by atoms with Gasteiger partial charge in [0.25, 0.3) is 0 Å². The highest BCUT2D eigenvalue weighted by atomic mass is 16.5. The summed E-state index contributed by atoms with van der Waals surface area (Å²) in [6.07, 6.45) is 4.59. The van der Waals surface area contributed by atoms with Gasteiger partial charge in [0.15, 0.2) is 0 Å². The van der Waals surface area contributed by atoms with Crippen molar-refractivity contribution < 1.29 is 14.6 Å². The van der Waals surface area contributed by atoms with Crippen LogP contribution in [0.3, 0.4) is 0 Å². The zero-order valence-electron chi connectivity index (χ0n) is 10.9. The number of esters is 1. The van der Waals surface area contributed by atoms with Crippen LogP contribution in [0, 0.1) is 5.92 Å². The van der Waals surface area contributed by atoms with Gasteiger partial charge in [-0.05, 0) is 38.3 Å². The average Bonchev–Trinajstić information content (AvgIpc) is 2.37. The Morgan fingerprint density at radius 3 is 2.71 bits per heavy atom. The van der Waals surface area contributed by atoms with Crippen molar-refractivity contribution in [2.24, 2.45) is 5.92 Å². The molecule has 1 rings (SSSR count). The van der Waals surface area contributed by atoms with Crippen molar-refractivity contribution in [3.63, 3.8) is 0 Å². The molecule has 0 aromatic carbocycles. The quantitative estimate of drug-likeness (QED) is 0.543. The lowest BCUT2D eigenvalue weighted by Gasteiger charge is -2.30. The molecule has 0 saturated carbocycles. The molecular weight excluding hydrogens is 218 g/mol. The molecule has 0 unspecified atom stereocenters. The fourth-order valence-corrected chi connectivity index (χ4v) is 2.04. The number of hydrogen-bond acceptors (Lipinski definition) is 4. The number of hydrogen-bond donors (Lipinski definition) is 1. The smallest absolute Gasteiger partial charge is 0.307 e. The standard InChI is InChI=1S/C13H25NO3/c1-2-3-10-17-13(16)6-9-14-7-4-12(11-15)5-8-14/h12,15H,2-11H2,1H3. The van der Waals surface area contributed by atoms with Crippen LogP contribution in [0.25, 0.3) is 0 Å². The van der Waals surface area contributed by atoms with Gasteiger partial charge in [0.2, 0.25) is 0 Å². The summed E-state index contributed by atoms with van der Waals surface area (Å²) in [4.78, 5) is 13.7. The van der Waals surface area contributed by atoms with Crippen LogP contribution in [-0.4, -0.2) is 48.8 Å². The Morgan fingerprint density at radius 2 is 2.12 bits per heavy atom. The molecular formula is C13H25NO3. The summed E-state index contributed by atoms with van der Waals surface area (Å²) in [5.41, 5.74) is 0. The third-order valence-electron chi connectivity index (χ3n) is 3.36. The molecule has 0 radical (unpaired) electrons. The Bertz CT molecular complexity index is 213. The summed E-state index contributed by atoms with van der Waals surface area (Å²) >= 11 is 0. The molecule has 0 aliphatic carbocycles. The Morgan fingerprint density at radius 1 is 1.41 bits per heavy atom. The molecule has 0 aromatic rings. The zero-order chi connectivity index (χ0) is 12.5. The van der Waals surface area contributed by atoms with Gasteiger partial charge in [0.05, 0.1) is 13.0 Å². The van der Waals surface area contributed by atoms with Crippen LogP contribution in [-0.2, 0) is 9.53 Å². The number of piperidine rings is 1. The van der Waals surface area contributed by atoms with Crippen LogP contribution in [0.2, 0.25) is 0 Å². The highest BCUT2D eigenvalue weighted by molar-refractivity contribution is 5.69. The molecule has 0 aromatic heterocycles. The Kier molecular flexibility index (Phi) is 7.21. The monoisotopic (exact) mass is 243 g/mol. The van der Waals surface area contributed by atoms with E-state index in [1.54, 1.807) is 0 Å². The molecule has 4 nitrogen and oxygen atoms in total. The molecule has 1 fully saturated rings. The van der Waals surface area contributed by atoms with E-state index >= 15 is 0 Å². The number of aliphatic hydroxyl groups is 1. The van der Waals surface area contributed by atoms with Crippen LogP contribution in [0.4, 0.5) is 0 Å². The van der Waals surface area contributed by atoms with Gasteiger partial charge >= 0.3 is 5.97 Å². The average molecular weight is 243 g/mol. The van der Waals surface area contributed by atoms with E-state index in [0.29, 0.717) is 25.6 Å². The van der Waals surface area contributed by atoms with Crippen molar-refractivity contribution in [2.45, 2.75) is 39.0 Å². The van der Waals surface area contributed by atoms with Crippen molar-refractivity contribution in [3.8, 4) is 0 Å². The highest BCUT2D eigenvalue weighted by Gasteiger charge is 2.18. The minimum Gasteiger partial charge on any atom is -0.466 e. The van der Waals surface area contributed by atoms with Crippen LogP contribution in [0.1, 0.15) is 39.0 Å². The third-order valence-corrected chi connectivity index (χ3v) is 3.36. The highest BCUT2D eigenvalue weighted by Crippen LogP contribution is 2.16. The molecule has 1 saturated heterocycles. The van der Waals surface area contributed by atoms with Gasteiger partial charge in [0.1, 0.15) is 0 Å². The number of ether oxygens (including phenoxy) is 1. The summed E-state index contributed by atoms with van der Waals surface area (Å²) in [6, 6.07) is 0. The second-order valence-electron chi connectivity index (χ2n) is 4.79. The Balaban J connectivity index is 2.04. The van der Waals surface area contributed by atoms with Crippen molar-refractivity contribution in [1.82, 2.24) is 4.90 Å². The van der Waals surface area contributed by atoms with Crippen LogP contribution < -0.4 is 0 Å². The van der Waals surface area contributed by atoms with E-state index in [-0.39, 0.29) is 5.97 Å². The van der Waals surface area contributed by atoms with E-state index in [9.17, 15) is 4.79 Å². The summed E-state index contributed by atoms with van der Waals surface area (Å²) in [6.45, 7) is 5.72. The van der Waals surface area contributed by atoms with Gasteiger partial charge in [-0.1, -0.05) is 13.3 Å². The first-order chi connectivity index (χ1) is 8.26. The summed E-state index contributed by atoms with van der Waals surface area (Å²) in [5.74, 6) is 0.380. The summed E-state index contributed by atoms with van der Waals surface area (Å²) in [7, 11) is 0. The predicted octanol–water partition coefficient (Wildman–Crippen LogP) is 1.42. The summed E-state index contributed by atoms with van der Waals surface area (Å²) in [5, 5.41) is 9.02. The molecule has 0 bridgehead atoms. The third kappa shape index (κ3) is 6.03. The largest absolute Gasteiger partial charge is 0.466 e. The topological polar surface area (TPSA) is 49.8 Å². The van der Waals surface area contributed by atoms with E-state index in [1.165, 1.54) is 0 Å². The maximum Gasteiger partial charge on any atom is 0.307 e. The van der Waals surface area contributed by atoms with Gasteiger partial charge < -0.3 is 14.7 Å². The van der Waals surface area contributed by atoms with Crippen LogP contribution >= 0.6 is 0 Å². The van der Waals surface area contributed by atoms with Gasteiger partial charge in [-0.25, -0.2) is 0 Å². The normalized spacial score (nSPS) is 18.2. The number of carbonyl (C=O) groups excluding carboxylic acids is 1. The minimum absolute atomic E-state index is 0.0808. The maximum absolute atomic E-state index is 11.4. The van der Waals surface area contributed by atoms with E-state index in [1.807, 2.05) is 0 Å². The van der Waals surface area contributed by atoms with E-state index in [2.05, 4.69) is 11.8 Å². The minimum atomic E-state index is -0.0808.